The lowest BCUT2D eigenvalue weighted by Gasteiger charge is -2.05. The van der Waals surface area contributed by atoms with Gasteiger partial charge in [-0.15, -0.1) is 0 Å². The van der Waals surface area contributed by atoms with Gasteiger partial charge >= 0.3 is 5.97 Å². The van der Waals surface area contributed by atoms with Gasteiger partial charge in [-0.2, -0.15) is 0 Å². The predicted molar refractivity (Wildman–Crippen MR) is 64.7 cm³/mol. The fraction of sp³-hybridized carbons (Fsp3) is 0.0909. The molecule has 0 saturated heterocycles. The van der Waals surface area contributed by atoms with E-state index in [0.29, 0.717) is 5.39 Å². The standard InChI is InChI=1S/C11H7ClN2O4/c1-18-11(15)7-5-9(12)13-10-6(7)3-2-4-8(10)14(16)17/h2-5H,1H3. The van der Waals surface area contributed by atoms with Crippen LogP contribution in [0.2, 0.25) is 5.15 Å². The van der Waals surface area contributed by atoms with E-state index < -0.39 is 10.9 Å². The molecule has 7 heteroatoms. The number of hydrogen-bond acceptors (Lipinski definition) is 5. The summed E-state index contributed by atoms with van der Waals surface area (Å²) < 4.78 is 4.60. The Morgan fingerprint density at radius 3 is 2.83 bits per heavy atom. The smallest absolute Gasteiger partial charge is 0.338 e. The van der Waals surface area contributed by atoms with Crippen LogP contribution in [0.4, 0.5) is 5.69 Å². The minimum atomic E-state index is -0.621. The van der Waals surface area contributed by atoms with Crippen LogP contribution in [0.1, 0.15) is 10.4 Å². The third-order valence-corrected chi connectivity index (χ3v) is 2.58. The molecule has 0 N–H and O–H groups in total. The maximum absolute atomic E-state index is 11.6. The Kier molecular flexibility index (Phi) is 3.12. The van der Waals surface area contributed by atoms with Gasteiger partial charge in [0.25, 0.3) is 5.69 Å². The van der Waals surface area contributed by atoms with Gasteiger partial charge in [0.1, 0.15) is 5.15 Å². The Morgan fingerprint density at radius 1 is 1.50 bits per heavy atom. The number of esters is 1. The van der Waals surface area contributed by atoms with Crippen molar-refractivity contribution in [1.29, 1.82) is 0 Å². The highest BCUT2D eigenvalue weighted by Gasteiger charge is 2.19. The summed E-state index contributed by atoms with van der Waals surface area (Å²) in [5.74, 6) is -0.621. The van der Waals surface area contributed by atoms with Gasteiger partial charge in [0, 0.05) is 11.5 Å². The van der Waals surface area contributed by atoms with Gasteiger partial charge in [-0.05, 0) is 6.07 Å². The van der Waals surface area contributed by atoms with E-state index in [2.05, 4.69) is 9.72 Å². The first-order valence-electron chi connectivity index (χ1n) is 4.86. The minimum absolute atomic E-state index is 0.00259. The number of non-ortho nitro benzene ring substituents is 1. The molecule has 0 aliphatic carbocycles. The molecule has 0 spiro atoms. The lowest BCUT2D eigenvalue weighted by Crippen LogP contribution is -2.04. The Labute approximate surface area is 106 Å². The molecular formula is C11H7ClN2O4. The normalized spacial score (nSPS) is 10.3. The molecule has 1 aromatic carbocycles. The van der Waals surface area contributed by atoms with Gasteiger partial charge in [0.15, 0.2) is 5.52 Å². The number of benzene rings is 1. The number of hydrogen-bond donors (Lipinski definition) is 0. The second-order valence-electron chi connectivity index (χ2n) is 3.41. The summed E-state index contributed by atoms with van der Waals surface area (Å²) in [6.45, 7) is 0. The number of methoxy groups -OCH3 is 1. The second kappa shape index (κ2) is 4.58. The van der Waals surface area contributed by atoms with Crippen molar-refractivity contribution >= 4 is 34.2 Å². The highest BCUT2D eigenvalue weighted by molar-refractivity contribution is 6.30. The van der Waals surface area contributed by atoms with Gasteiger partial charge in [-0.25, -0.2) is 9.78 Å². The number of carbonyl (C=O) groups is 1. The Bertz CT molecular complexity index is 657. The van der Waals surface area contributed by atoms with Crippen LogP contribution in [0.3, 0.4) is 0 Å². The number of pyridine rings is 1. The van der Waals surface area contributed by atoms with Crippen molar-refractivity contribution in [2.75, 3.05) is 7.11 Å². The van der Waals surface area contributed by atoms with Crippen LogP contribution < -0.4 is 0 Å². The zero-order valence-corrected chi connectivity index (χ0v) is 9.97. The molecule has 0 aliphatic heterocycles. The molecular weight excluding hydrogens is 260 g/mol. The highest BCUT2D eigenvalue weighted by atomic mass is 35.5. The van der Waals surface area contributed by atoms with Crippen LogP contribution in [0.15, 0.2) is 24.3 Å². The molecule has 1 heterocycles. The fourth-order valence-electron chi connectivity index (χ4n) is 1.63. The molecule has 0 aliphatic rings. The molecule has 6 nitrogen and oxygen atoms in total. The third kappa shape index (κ3) is 1.98. The molecule has 0 amide bonds. The number of nitro benzene ring substituents is 1. The lowest BCUT2D eigenvalue weighted by atomic mass is 10.1. The van der Waals surface area contributed by atoms with Gasteiger partial charge in [-0.3, -0.25) is 10.1 Å². The summed E-state index contributed by atoms with van der Waals surface area (Å²) in [6, 6.07) is 5.65. The average molecular weight is 267 g/mol. The summed E-state index contributed by atoms with van der Waals surface area (Å²) in [6.07, 6.45) is 0. The first kappa shape index (κ1) is 12.3. The summed E-state index contributed by atoms with van der Waals surface area (Å²) in [7, 11) is 1.22. The first-order chi connectivity index (χ1) is 8.54. The number of para-hydroxylation sites is 1. The van der Waals surface area contributed by atoms with Gasteiger partial charge in [0.05, 0.1) is 17.6 Å². The van der Waals surface area contributed by atoms with E-state index in [1.807, 2.05) is 0 Å². The number of rotatable bonds is 2. The molecule has 1 aromatic heterocycles. The SMILES string of the molecule is COC(=O)c1cc(Cl)nc2c([N+](=O)[O-])cccc12. The van der Waals surface area contributed by atoms with Gasteiger partial charge in [0.2, 0.25) is 0 Å². The van der Waals surface area contributed by atoms with Gasteiger partial charge in [-0.1, -0.05) is 23.7 Å². The van der Waals surface area contributed by atoms with E-state index in [9.17, 15) is 14.9 Å². The number of carbonyl (C=O) groups excluding carboxylic acids is 1. The number of ether oxygens (including phenoxy) is 1. The Balaban J connectivity index is 2.86. The molecule has 0 radical (unpaired) electrons. The number of nitro groups is 1. The third-order valence-electron chi connectivity index (χ3n) is 2.39. The van der Waals surface area contributed by atoms with E-state index in [4.69, 9.17) is 11.6 Å². The van der Waals surface area contributed by atoms with Crippen LogP contribution in [-0.4, -0.2) is 23.0 Å². The van der Waals surface area contributed by atoms with Crippen molar-refractivity contribution in [3.05, 3.63) is 45.1 Å². The Hall–Kier alpha value is -2.21. The van der Waals surface area contributed by atoms with Crippen LogP contribution in [-0.2, 0) is 4.74 Å². The molecule has 0 fully saturated rings. The number of halogens is 1. The lowest BCUT2D eigenvalue weighted by molar-refractivity contribution is -0.383. The number of nitrogens with zero attached hydrogens (tertiary/aromatic N) is 2. The second-order valence-corrected chi connectivity index (χ2v) is 3.80. The number of fused-ring (bicyclic) bond motifs is 1. The molecule has 0 unspecified atom stereocenters. The topological polar surface area (TPSA) is 82.3 Å². The van der Waals surface area contributed by atoms with Crippen molar-refractivity contribution < 1.29 is 14.5 Å². The molecule has 0 saturated carbocycles. The number of aromatic nitrogens is 1. The summed E-state index contributed by atoms with van der Waals surface area (Å²) in [4.78, 5) is 25.8. The maximum Gasteiger partial charge on any atom is 0.338 e. The predicted octanol–water partition coefficient (Wildman–Crippen LogP) is 2.58. The van der Waals surface area contributed by atoms with Crippen LogP contribution in [0.5, 0.6) is 0 Å². The van der Waals surface area contributed by atoms with Crippen molar-refractivity contribution in [3.8, 4) is 0 Å². The minimum Gasteiger partial charge on any atom is -0.465 e. The molecule has 92 valence electrons. The summed E-state index contributed by atoms with van der Waals surface area (Å²) in [5.41, 5.74) is 0.00625. The monoisotopic (exact) mass is 266 g/mol. The highest BCUT2D eigenvalue weighted by Crippen LogP contribution is 2.28. The molecule has 2 rings (SSSR count). The molecule has 18 heavy (non-hydrogen) atoms. The van der Waals surface area contributed by atoms with Crippen LogP contribution >= 0.6 is 11.6 Å². The first-order valence-corrected chi connectivity index (χ1v) is 5.24. The maximum atomic E-state index is 11.6. The van der Waals surface area contributed by atoms with Crippen molar-refractivity contribution in [2.45, 2.75) is 0 Å². The summed E-state index contributed by atoms with van der Waals surface area (Å²) in [5, 5.41) is 11.2. The van der Waals surface area contributed by atoms with Crippen molar-refractivity contribution in [2.24, 2.45) is 0 Å². The Morgan fingerprint density at radius 2 is 2.22 bits per heavy atom. The van der Waals surface area contributed by atoms with Crippen LogP contribution in [0, 0.1) is 10.1 Å². The van der Waals surface area contributed by atoms with Crippen molar-refractivity contribution in [1.82, 2.24) is 4.98 Å². The zero-order valence-electron chi connectivity index (χ0n) is 9.21. The van der Waals surface area contributed by atoms with E-state index >= 15 is 0 Å². The van der Waals surface area contributed by atoms with Crippen LogP contribution in [0.25, 0.3) is 10.9 Å². The quantitative estimate of drug-likeness (QED) is 0.361. The van der Waals surface area contributed by atoms with E-state index in [-0.39, 0.29) is 21.9 Å². The molecule has 0 bridgehead atoms. The molecule has 0 atom stereocenters. The molecule has 2 aromatic rings. The van der Waals surface area contributed by atoms with E-state index in [0.717, 1.165) is 0 Å². The average Bonchev–Trinajstić information content (AvgIpc) is 2.35. The zero-order chi connectivity index (χ0) is 13.3. The fourth-order valence-corrected chi connectivity index (χ4v) is 1.82. The largest absolute Gasteiger partial charge is 0.465 e. The van der Waals surface area contributed by atoms with E-state index in [1.54, 1.807) is 6.07 Å². The van der Waals surface area contributed by atoms with Gasteiger partial charge < -0.3 is 4.74 Å². The van der Waals surface area contributed by atoms with E-state index in [1.165, 1.54) is 25.3 Å². The summed E-state index contributed by atoms with van der Waals surface area (Å²) >= 11 is 5.76. The van der Waals surface area contributed by atoms with Crippen molar-refractivity contribution in [3.63, 3.8) is 0 Å².